The number of nitrogens with two attached hydrogens (primary N) is 1. The molecule has 0 saturated heterocycles. The van der Waals surface area contributed by atoms with Gasteiger partial charge in [-0.2, -0.15) is 0 Å². The zero-order valence-corrected chi connectivity index (χ0v) is 15.6. The first kappa shape index (κ1) is 18.9. The Balaban J connectivity index is 2.49. The van der Waals surface area contributed by atoms with Crippen molar-refractivity contribution in [3.8, 4) is 11.4 Å². The molecule has 0 aliphatic carbocycles. The van der Waals surface area contributed by atoms with Crippen LogP contribution in [-0.2, 0) is 9.47 Å². The monoisotopic (exact) mass is 369 g/mol. The maximum atomic E-state index is 6.31. The summed E-state index contributed by atoms with van der Waals surface area (Å²) in [6, 6.07) is 7.15. The fraction of sp³-hybridized carbons (Fsp3) is 0.412. The highest BCUT2D eigenvalue weighted by Crippen LogP contribution is 2.32. The molecule has 2 aromatic rings. The number of hydrogen-bond donors (Lipinski definition) is 1. The standard InChI is InChI=1S/C17H21Cl2N3O2/c1-9(2)23-17(24-10(3)4)14-13(19)15(20)22-16(21-14)11-5-7-12(18)8-6-11/h5-10,17H,1-4H3,(H2,20,21,22). The maximum Gasteiger partial charge on any atom is 0.203 e. The Kier molecular flexibility index (Phi) is 6.40. The summed E-state index contributed by atoms with van der Waals surface area (Å²) in [6.45, 7) is 7.65. The van der Waals surface area contributed by atoms with Crippen molar-refractivity contribution < 1.29 is 9.47 Å². The number of rotatable bonds is 6. The molecule has 0 bridgehead atoms. The third kappa shape index (κ3) is 4.80. The van der Waals surface area contributed by atoms with Crippen molar-refractivity contribution in [2.24, 2.45) is 0 Å². The number of nitrogens with zero attached hydrogens (tertiary/aromatic N) is 2. The third-order valence-corrected chi connectivity index (χ3v) is 3.66. The first-order valence-corrected chi connectivity index (χ1v) is 8.43. The third-order valence-electron chi connectivity index (χ3n) is 3.02. The van der Waals surface area contributed by atoms with Gasteiger partial charge in [0.05, 0.1) is 12.2 Å². The number of anilines is 1. The molecule has 0 aliphatic rings. The van der Waals surface area contributed by atoms with Gasteiger partial charge in [-0.25, -0.2) is 9.97 Å². The van der Waals surface area contributed by atoms with Crippen LogP contribution in [0.4, 0.5) is 5.82 Å². The largest absolute Gasteiger partial charge is 0.382 e. The van der Waals surface area contributed by atoms with Crippen molar-refractivity contribution in [1.82, 2.24) is 9.97 Å². The van der Waals surface area contributed by atoms with Crippen LogP contribution in [0.3, 0.4) is 0 Å². The molecule has 0 saturated carbocycles. The summed E-state index contributed by atoms with van der Waals surface area (Å²) in [4.78, 5) is 8.78. The van der Waals surface area contributed by atoms with Crippen LogP contribution in [0.5, 0.6) is 0 Å². The van der Waals surface area contributed by atoms with Gasteiger partial charge in [-0.3, -0.25) is 0 Å². The van der Waals surface area contributed by atoms with Crippen molar-refractivity contribution >= 4 is 29.0 Å². The second-order valence-electron chi connectivity index (χ2n) is 5.84. The first-order valence-electron chi connectivity index (χ1n) is 7.67. The highest BCUT2D eigenvalue weighted by atomic mass is 35.5. The van der Waals surface area contributed by atoms with Gasteiger partial charge in [0.1, 0.15) is 16.5 Å². The predicted octanol–water partition coefficient (Wildman–Crippen LogP) is 4.88. The number of ether oxygens (including phenoxy) is 2. The summed E-state index contributed by atoms with van der Waals surface area (Å²) in [6.07, 6.45) is -0.867. The summed E-state index contributed by atoms with van der Waals surface area (Å²) >= 11 is 12.2. The summed E-state index contributed by atoms with van der Waals surface area (Å²) in [5.74, 6) is 0.615. The van der Waals surface area contributed by atoms with E-state index in [1.807, 2.05) is 39.8 Å². The average molecular weight is 370 g/mol. The minimum absolute atomic E-state index is 0.0695. The molecule has 1 heterocycles. The predicted molar refractivity (Wildman–Crippen MR) is 97.1 cm³/mol. The average Bonchev–Trinajstić information content (AvgIpc) is 2.49. The highest BCUT2D eigenvalue weighted by Gasteiger charge is 2.24. The van der Waals surface area contributed by atoms with Crippen molar-refractivity contribution in [2.75, 3.05) is 5.73 Å². The quantitative estimate of drug-likeness (QED) is 0.734. The molecule has 2 N–H and O–H groups in total. The van der Waals surface area contributed by atoms with Crippen LogP contribution in [0.1, 0.15) is 39.7 Å². The summed E-state index contributed by atoms with van der Waals surface area (Å²) in [5.41, 5.74) is 7.16. The Bertz CT molecular complexity index is 681. The van der Waals surface area contributed by atoms with Gasteiger partial charge in [0.2, 0.25) is 6.29 Å². The van der Waals surface area contributed by atoms with Crippen LogP contribution in [0.25, 0.3) is 11.4 Å². The molecule has 24 heavy (non-hydrogen) atoms. The summed E-state index contributed by atoms with van der Waals surface area (Å²) in [7, 11) is 0. The zero-order chi connectivity index (χ0) is 17.9. The van der Waals surface area contributed by atoms with E-state index in [4.69, 9.17) is 38.4 Å². The lowest BCUT2D eigenvalue weighted by molar-refractivity contribution is -0.187. The van der Waals surface area contributed by atoms with E-state index in [1.165, 1.54) is 0 Å². The Morgan fingerprint density at radius 1 is 0.917 bits per heavy atom. The van der Waals surface area contributed by atoms with Gasteiger partial charge < -0.3 is 15.2 Å². The molecule has 1 aromatic carbocycles. The molecule has 7 heteroatoms. The molecular formula is C17H21Cl2N3O2. The zero-order valence-electron chi connectivity index (χ0n) is 14.1. The van der Waals surface area contributed by atoms with E-state index in [0.29, 0.717) is 16.5 Å². The normalized spacial score (nSPS) is 11.7. The number of aromatic nitrogens is 2. The van der Waals surface area contributed by atoms with Gasteiger partial charge in [0, 0.05) is 10.6 Å². The highest BCUT2D eigenvalue weighted by molar-refractivity contribution is 6.33. The minimum Gasteiger partial charge on any atom is -0.382 e. The molecule has 0 aliphatic heterocycles. The molecule has 1 aromatic heterocycles. The second-order valence-corrected chi connectivity index (χ2v) is 6.65. The fourth-order valence-corrected chi connectivity index (χ4v) is 2.32. The molecule has 0 spiro atoms. The molecule has 5 nitrogen and oxygen atoms in total. The van der Waals surface area contributed by atoms with Crippen molar-refractivity contribution in [3.05, 3.63) is 40.0 Å². The molecule has 0 radical (unpaired) electrons. The van der Waals surface area contributed by atoms with Gasteiger partial charge in [0.25, 0.3) is 0 Å². The fourth-order valence-electron chi connectivity index (χ4n) is 2.02. The molecular weight excluding hydrogens is 349 g/mol. The van der Waals surface area contributed by atoms with E-state index in [9.17, 15) is 0 Å². The topological polar surface area (TPSA) is 70.3 Å². The van der Waals surface area contributed by atoms with E-state index in [2.05, 4.69) is 9.97 Å². The van der Waals surface area contributed by atoms with E-state index >= 15 is 0 Å². The van der Waals surface area contributed by atoms with Crippen LogP contribution >= 0.6 is 23.2 Å². The second kappa shape index (κ2) is 8.12. The van der Waals surface area contributed by atoms with E-state index in [0.717, 1.165) is 5.56 Å². The number of hydrogen-bond acceptors (Lipinski definition) is 5. The Hall–Kier alpha value is -1.40. The van der Waals surface area contributed by atoms with Crippen LogP contribution in [-0.4, -0.2) is 22.2 Å². The van der Waals surface area contributed by atoms with E-state index in [-0.39, 0.29) is 23.0 Å². The maximum absolute atomic E-state index is 6.31. The van der Waals surface area contributed by atoms with Crippen LogP contribution in [0.2, 0.25) is 10.0 Å². The van der Waals surface area contributed by atoms with Gasteiger partial charge in [-0.1, -0.05) is 23.2 Å². The van der Waals surface area contributed by atoms with Gasteiger partial charge in [0.15, 0.2) is 5.82 Å². The number of halogens is 2. The molecule has 0 fully saturated rings. The lowest BCUT2D eigenvalue weighted by Gasteiger charge is -2.24. The Morgan fingerprint density at radius 3 is 1.96 bits per heavy atom. The molecule has 0 amide bonds. The van der Waals surface area contributed by atoms with Crippen molar-refractivity contribution in [1.29, 1.82) is 0 Å². The molecule has 0 unspecified atom stereocenters. The summed E-state index contributed by atoms with van der Waals surface area (Å²) in [5, 5.41) is 0.865. The summed E-state index contributed by atoms with van der Waals surface area (Å²) < 4.78 is 11.6. The number of nitrogen functional groups attached to an aromatic ring is 1. The molecule has 130 valence electrons. The van der Waals surface area contributed by atoms with E-state index < -0.39 is 6.29 Å². The SMILES string of the molecule is CC(C)OC(OC(C)C)c1nc(-c2ccc(Cl)cc2)nc(N)c1Cl. The first-order chi connectivity index (χ1) is 11.3. The van der Waals surface area contributed by atoms with Gasteiger partial charge in [-0.05, 0) is 52.0 Å². The number of benzene rings is 1. The molecule has 2 rings (SSSR count). The minimum atomic E-state index is -0.728. The van der Waals surface area contributed by atoms with Gasteiger partial charge in [-0.15, -0.1) is 0 Å². The Morgan fingerprint density at radius 2 is 1.46 bits per heavy atom. The van der Waals surface area contributed by atoms with Crippen molar-refractivity contribution in [2.45, 2.75) is 46.2 Å². The lowest BCUT2D eigenvalue weighted by atomic mass is 10.2. The Labute approximate surface area is 152 Å². The van der Waals surface area contributed by atoms with Crippen LogP contribution in [0.15, 0.2) is 24.3 Å². The van der Waals surface area contributed by atoms with Gasteiger partial charge >= 0.3 is 0 Å². The van der Waals surface area contributed by atoms with Crippen LogP contribution < -0.4 is 5.73 Å². The van der Waals surface area contributed by atoms with Crippen LogP contribution in [0, 0.1) is 0 Å². The lowest BCUT2D eigenvalue weighted by Crippen LogP contribution is -2.20. The van der Waals surface area contributed by atoms with Crippen molar-refractivity contribution in [3.63, 3.8) is 0 Å². The smallest absolute Gasteiger partial charge is 0.203 e. The van der Waals surface area contributed by atoms with E-state index in [1.54, 1.807) is 12.1 Å². The molecule has 0 atom stereocenters.